The van der Waals surface area contributed by atoms with Gasteiger partial charge in [0.05, 0.1) is 17.7 Å². The Bertz CT molecular complexity index is 1180. The third kappa shape index (κ3) is 6.64. The molecule has 1 amide bonds. The lowest BCUT2D eigenvalue weighted by Crippen LogP contribution is -2.49. The molecule has 2 aliphatic heterocycles. The Morgan fingerprint density at radius 2 is 1.87 bits per heavy atom. The molecule has 0 radical (unpaired) electrons. The van der Waals surface area contributed by atoms with Crippen LogP contribution in [0.2, 0.25) is 10.0 Å². The quantitative estimate of drug-likeness (QED) is 0.461. The molecule has 1 saturated heterocycles. The van der Waals surface area contributed by atoms with Crippen LogP contribution in [-0.2, 0) is 16.0 Å². The van der Waals surface area contributed by atoms with Gasteiger partial charge in [0.1, 0.15) is 35.6 Å². The number of nitrogens with zero attached hydrogens (tertiary/aromatic N) is 2. The topological polar surface area (TPSA) is 97.8 Å². The van der Waals surface area contributed by atoms with E-state index in [0.717, 1.165) is 43.7 Å². The van der Waals surface area contributed by atoms with Gasteiger partial charge in [-0.15, -0.1) is 0 Å². The van der Waals surface area contributed by atoms with Gasteiger partial charge in [-0.2, -0.15) is 0 Å². The lowest BCUT2D eigenvalue weighted by Gasteiger charge is -2.39. The number of hydrogen-bond donors (Lipinski definition) is 1. The minimum atomic E-state index is -0.804. The molecule has 1 spiro atoms. The summed E-state index contributed by atoms with van der Waals surface area (Å²) in [6, 6.07) is 8.61. The molecule has 4 rings (SSSR count). The molecule has 11 heteroatoms. The Kier molecular flexibility index (Phi) is 8.92. The number of piperidine rings is 1. The number of carbonyl (C=O) groups excluding carboxylic acids is 2. The van der Waals surface area contributed by atoms with Gasteiger partial charge >= 0.3 is 5.97 Å². The summed E-state index contributed by atoms with van der Waals surface area (Å²) in [5.41, 5.74) is 1.13. The summed E-state index contributed by atoms with van der Waals surface area (Å²) in [6.45, 7) is 1.56. The molecule has 2 aromatic carbocycles. The van der Waals surface area contributed by atoms with E-state index < -0.39 is 12.1 Å². The van der Waals surface area contributed by atoms with Crippen molar-refractivity contribution in [2.75, 3.05) is 54.1 Å². The van der Waals surface area contributed by atoms with Crippen LogP contribution in [-0.4, -0.2) is 92.5 Å². The van der Waals surface area contributed by atoms with E-state index in [1.807, 2.05) is 18.2 Å². The summed E-state index contributed by atoms with van der Waals surface area (Å²) in [7, 11) is 4.47. The number of carbonyl (C=O) groups is 2. The molecule has 2 heterocycles. The molecule has 2 aromatic rings. The van der Waals surface area contributed by atoms with Crippen molar-refractivity contribution in [2.45, 2.75) is 31.0 Å². The highest BCUT2D eigenvalue weighted by Crippen LogP contribution is 2.42. The molecular formula is C27H32Cl2N2O7. The zero-order chi connectivity index (χ0) is 27.4. The van der Waals surface area contributed by atoms with Crippen LogP contribution in [0.5, 0.6) is 17.2 Å². The van der Waals surface area contributed by atoms with Gasteiger partial charge in [-0.25, -0.2) is 4.79 Å². The van der Waals surface area contributed by atoms with Crippen LogP contribution in [0.3, 0.4) is 0 Å². The Morgan fingerprint density at radius 3 is 2.55 bits per heavy atom. The first-order chi connectivity index (χ1) is 18.1. The number of rotatable bonds is 9. The van der Waals surface area contributed by atoms with Crippen molar-refractivity contribution in [2.24, 2.45) is 0 Å². The van der Waals surface area contributed by atoms with Crippen molar-refractivity contribution in [3.63, 3.8) is 0 Å². The molecule has 0 unspecified atom stereocenters. The molecule has 1 fully saturated rings. The Balaban J connectivity index is 1.34. The molecule has 0 aliphatic carbocycles. The molecule has 1 atom stereocenters. The van der Waals surface area contributed by atoms with Crippen LogP contribution in [0.4, 0.5) is 0 Å². The minimum absolute atomic E-state index is 0.0478. The van der Waals surface area contributed by atoms with Gasteiger partial charge in [0.25, 0.3) is 5.91 Å². The fraction of sp³-hybridized carbons (Fsp3) is 0.481. The molecule has 9 nitrogen and oxygen atoms in total. The number of aliphatic hydroxyl groups excluding tert-OH is 1. The second-order valence-electron chi connectivity index (χ2n) is 9.82. The predicted molar refractivity (Wildman–Crippen MR) is 143 cm³/mol. The molecule has 0 bridgehead atoms. The van der Waals surface area contributed by atoms with Gasteiger partial charge in [0.15, 0.2) is 6.61 Å². The number of esters is 1. The number of fused-ring (bicyclic) bond motifs is 1. The van der Waals surface area contributed by atoms with E-state index >= 15 is 0 Å². The van der Waals surface area contributed by atoms with Crippen molar-refractivity contribution in [3.8, 4) is 17.2 Å². The number of β-amino-alcohol motifs (C(OH)–C–C–N with tert-alkyl or cyclic N) is 1. The SMILES string of the molecule is COC(=O)COc1cc(OC[C@@H](O)CN2CCC3(CC2)Cc2cc(Cl)ccc2O3)c(C(=O)N(C)C)cc1Cl. The Hall–Kier alpha value is -2.72. The van der Waals surface area contributed by atoms with E-state index in [9.17, 15) is 14.7 Å². The number of halogens is 2. The van der Waals surface area contributed by atoms with E-state index in [1.165, 1.54) is 24.1 Å². The maximum absolute atomic E-state index is 12.7. The van der Waals surface area contributed by atoms with Gasteiger partial charge in [-0.05, 0) is 29.8 Å². The van der Waals surface area contributed by atoms with E-state index in [0.29, 0.717) is 11.6 Å². The smallest absolute Gasteiger partial charge is 0.343 e. The van der Waals surface area contributed by atoms with Gasteiger partial charge in [-0.3, -0.25) is 4.79 Å². The van der Waals surface area contributed by atoms with Gasteiger partial charge < -0.3 is 33.9 Å². The minimum Gasteiger partial charge on any atom is -0.490 e. The number of hydrogen-bond acceptors (Lipinski definition) is 8. The molecule has 38 heavy (non-hydrogen) atoms. The van der Waals surface area contributed by atoms with Crippen LogP contribution in [0.15, 0.2) is 30.3 Å². The predicted octanol–water partition coefficient (Wildman–Crippen LogP) is 3.46. The first-order valence-corrected chi connectivity index (χ1v) is 13.1. The third-order valence-electron chi connectivity index (χ3n) is 6.77. The number of aliphatic hydroxyl groups is 1. The summed E-state index contributed by atoms with van der Waals surface area (Å²) in [4.78, 5) is 27.7. The van der Waals surface area contributed by atoms with Gasteiger partial charge in [0, 0.05) is 64.1 Å². The zero-order valence-corrected chi connectivity index (χ0v) is 23.2. The fourth-order valence-electron chi connectivity index (χ4n) is 4.73. The number of benzene rings is 2. The number of methoxy groups -OCH3 is 1. The van der Waals surface area contributed by atoms with Gasteiger partial charge in [-0.1, -0.05) is 23.2 Å². The average Bonchev–Trinajstić information content (AvgIpc) is 3.24. The normalized spacial score (nSPS) is 16.9. The lowest BCUT2D eigenvalue weighted by molar-refractivity contribution is -0.142. The monoisotopic (exact) mass is 566 g/mol. The maximum atomic E-state index is 12.7. The Morgan fingerprint density at radius 1 is 1.13 bits per heavy atom. The highest BCUT2D eigenvalue weighted by atomic mass is 35.5. The van der Waals surface area contributed by atoms with Crippen molar-refractivity contribution < 1.29 is 33.6 Å². The van der Waals surface area contributed by atoms with Crippen LogP contribution in [0.1, 0.15) is 28.8 Å². The largest absolute Gasteiger partial charge is 0.490 e. The number of ether oxygens (including phenoxy) is 4. The van der Waals surface area contributed by atoms with Crippen LogP contribution < -0.4 is 14.2 Å². The van der Waals surface area contributed by atoms with E-state index in [2.05, 4.69) is 9.64 Å². The van der Waals surface area contributed by atoms with E-state index in [-0.39, 0.29) is 46.8 Å². The second kappa shape index (κ2) is 12.0. The number of likely N-dealkylation sites (tertiary alicyclic amines) is 1. The molecule has 0 saturated carbocycles. The van der Waals surface area contributed by atoms with Crippen molar-refractivity contribution in [1.82, 2.24) is 9.80 Å². The highest BCUT2D eigenvalue weighted by Gasteiger charge is 2.42. The van der Waals surface area contributed by atoms with Crippen LogP contribution in [0.25, 0.3) is 0 Å². The third-order valence-corrected chi connectivity index (χ3v) is 7.30. The summed E-state index contributed by atoms with van der Waals surface area (Å²) < 4.78 is 22.2. The summed E-state index contributed by atoms with van der Waals surface area (Å²) in [5.74, 6) is 0.358. The lowest BCUT2D eigenvalue weighted by atomic mass is 9.87. The zero-order valence-electron chi connectivity index (χ0n) is 21.7. The maximum Gasteiger partial charge on any atom is 0.343 e. The second-order valence-corrected chi connectivity index (χ2v) is 10.7. The van der Waals surface area contributed by atoms with Crippen LogP contribution in [0, 0.1) is 0 Å². The standard InChI is InChI=1S/C27H32Cl2N2O7/c1-30(2)26(34)20-11-21(29)24(37-16-25(33)35-3)12-23(20)36-15-19(32)14-31-8-6-27(7-9-31)13-17-10-18(28)4-5-22(17)38-27/h4-5,10-12,19,32H,6-9,13-16H2,1-3H3/t19-/m0/s1. The molecule has 206 valence electrons. The Labute approximate surface area is 232 Å². The highest BCUT2D eigenvalue weighted by molar-refractivity contribution is 6.32. The average molecular weight is 567 g/mol. The first kappa shape index (κ1) is 28.3. The first-order valence-electron chi connectivity index (χ1n) is 12.3. The van der Waals surface area contributed by atoms with Crippen molar-refractivity contribution in [1.29, 1.82) is 0 Å². The number of amides is 1. The van der Waals surface area contributed by atoms with Gasteiger partial charge in [0.2, 0.25) is 0 Å². The summed E-state index contributed by atoms with van der Waals surface area (Å²) in [6.07, 6.45) is 1.71. The summed E-state index contributed by atoms with van der Waals surface area (Å²) in [5, 5.41) is 11.6. The molecule has 1 N–H and O–H groups in total. The molecule has 0 aromatic heterocycles. The van der Waals surface area contributed by atoms with Crippen LogP contribution >= 0.6 is 23.2 Å². The van der Waals surface area contributed by atoms with Crippen molar-refractivity contribution in [3.05, 3.63) is 51.5 Å². The molecular weight excluding hydrogens is 535 g/mol. The van der Waals surface area contributed by atoms with E-state index in [4.69, 9.17) is 37.4 Å². The summed E-state index contributed by atoms with van der Waals surface area (Å²) >= 11 is 12.4. The van der Waals surface area contributed by atoms with E-state index in [1.54, 1.807) is 14.1 Å². The van der Waals surface area contributed by atoms with Crippen molar-refractivity contribution >= 4 is 35.1 Å². The molecule has 2 aliphatic rings. The fourth-order valence-corrected chi connectivity index (χ4v) is 5.14.